The summed E-state index contributed by atoms with van der Waals surface area (Å²) in [4.78, 5) is 10.1. The van der Waals surface area contributed by atoms with Gasteiger partial charge in [0.15, 0.2) is 0 Å². The molecule has 0 radical (unpaired) electrons. The van der Waals surface area contributed by atoms with Crippen molar-refractivity contribution in [2.75, 3.05) is 0 Å². The number of benzene rings is 1. The lowest BCUT2D eigenvalue weighted by atomic mass is 10.2. The topological polar surface area (TPSA) is 61.0 Å². The number of halogens is 1. The van der Waals surface area contributed by atoms with Crippen molar-refractivity contribution in [2.45, 2.75) is 13.5 Å². The van der Waals surface area contributed by atoms with Gasteiger partial charge in [-0.05, 0) is 24.6 Å². The number of nitro groups is 1. The molecule has 17 heavy (non-hydrogen) atoms. The predicted molar refractivity (Wildman–Crippen MR) is 64.2 cm³/mol. The molecule has 88 valence electrons. The Balaban J connectivity index is 2.29. The van der Waals surface area contributed by atoms with E-state index in [1.165, 1.54) is 12.1 Å². The minimum absolute atomic E-state index is 0.00376. The van der Waals surface area contributed by atoms with Crippen molar-refractivity contribution in [3.63, 3.8) is 0 Å². The van der Waals surface area contributed by atoms with Gasteiger partial charge in [0, 0.05) is 24.0 Å². The van der Waals surface area contributed by atoms with Gasteiger partial charge in [0.05, 0.1) is 16.5 Å². The van der Waals surface area contributed by atoms with Gasteiger partial charge in [-0.2, -0.15) is 5.10 Å². The fourth-order valence-electron chi connectivity index (χ4n) is 1.50. The molecule has 1 aromatic heterocycles. The van der Waals surface area contributed by atoms with Crippen LogP contribution >= 0.6 is 11.6 Å². The molecule has 0 aliphatic heterocycles. The molecular formula is C11H10ClN3O2. The van der Waals surface area contributed by atoms with Gasteiger partial charge in [0.2, 0.25) is 0 Å². The highest BCUT2D eigenvalue weighted by Gasteiger charge is 2.10. The van der Waals surface area contributed by atoms with Crippen LogP contribution in [0.4, 0.5) is 5.69 Å². The molecule has 0 atom stereocenters. The highest BCUT2D eigenvalue weighted by atomic mass is 35.5. The van der Waals surface area contributed by atoms with E-state index in [4.69, 9.17) is 11.6 Å². The molecule has 0 saturated carbocycles. The van der Waals surface area contributed by atoms with E-state index < -0.39 is 4.92 Å². The third-order valence-electron chi connectivity index (χ3n) is 2.50. The Kier molecular flexibility index (Phi) is 3.10. The molecule has 0 spiro atoms. The first kappa shape index (κ1) is 11.6. The van der Waals surface area contributed by atoms with E-state index in [0.717, 1.165) is 11.3 Å². The number of nitro benzene ring substituents is 1. The Morgan fingerprint density at radius 1 is 1.47 bits per heavy atom. The third kappa shape index (κ3) is 2.45. The van der Waals surface area contributed by atoms with Crippen molar-refractivity contribution in [1.82, 2.24) is 9.78 Å². The maximum atomic E-state index is 10.6. The Labute approximate surface area is 103 Å². The van der Waals surface area contributed by atoms with Crippen molar-refractivity contribution < 1.29 is 4.92 Å². The summed E-state index contributed by atoms with van der Waals surface area (Å²) >= 11 is 6.00. The summed E-state index contributed by atoms with van der Waals surface area (Å²) in [7, 11) is 0. The third-order valence-corrected chi connectivity index (χ3v) is 2.85. The van der Waals surface area contributed by atoms with Crippen LogP contribution in [0.5, 0.6) is 0 Å². The largest absolute Gasteiger partial charge is 0.270 e. The van der Waals surface area contributed by atoms with Gasteiger partial charge in [-0.3, -0.25) is 14.8 Å². The summed E-state index contributed by atoms with van der Waals surface area (Å²) in [5.41, 5.74) is 1.82. The summed E-state index contributed by atoms with van der Waals surface area (Å²) in [6.07, 6.45) is 1.70. The molecule has 0 aliphatic carbocycles. The lowest BCUT2D eigenvalue weighted by Gasteiger charge is -2.06. The molecule has 0 saturated heterocycles. The first-order chi connectivity index (χ1) is 8.08. The van der Waals surface area contributed by atoms with E-state index in [9.17, 15) is 10.1 Å². The molecule has 0 bridgehead atoms. The molecule has 1 aromatic carbocycles. The van der Waals surface area contributed by atoms with E-state index in [2.05, 4.69) is 5.10 Å². The second-order valence-corrected chi connectivity index (χ2v) is 4.07. The maximum Gasteiger partial charge on any atom is 0.270 e. The fraction of sp³-hybridized carbons (Fsp3) is 0.182. The van der Waals surface area contributed by atoms with Crippen LogP contribution in [0.3, 0.4) is 0 Å². The van der Waals surface area contributed by atoms with Gasteiger partial charge in [-0.1, -0.05) is 11.6 Å². The predicted octanol–water partition coefficient (Wildman–Crippen LogP) is 2.80. The van der Waals surface area contributed by atoms with Crippen LogP contribution in [-0.4, -0.2) is 14.7 Å². The molecule has 5 nitrogen and oxygen atoms in total. The van der Waals surface area contributed by atoms with Crippen molar-refractivity contribution in [2.24, 2.45) is 0 Å². The van der Waals surface area contributed by atoms with Gasteiger partial charge < -0.3 is 0 Å². The lowest BCUT2D eigenvalue weighted by molar-refractivity contribution is -0.384. The average molecular weight is 252 g/mol. The normalized spacial score (nSPS) is 10.5. The summed E-state index contributed by atoms with van der Waals surface area (Å²) in [6.45, 7) is 2.45. The van der Waals surface area contributed by atoms with E-state index in [-0.39, 0.29) is 5.69 Å². The van der Waals surface area contributed by atoms with Crippen LogP contribution in [0.1, 0.15) is 11.3 Å². The number of hydrogen-bond donors (Lipinski definition) is 0. The van der Waals surface area contributed by atoms with Crippen LogP contribution in [0.25, 0.3) is 0 Å². The smallest absolute Gasteiger partial charge is 0.265 e. The molecule has 6 heteroatoms. The van der Waals surface area contributed by atoms with Gasteiger partial charge in [-0.15, -0.1) is 0 Å². The van der Waals surface area contributed by atoms with Crippen molar-refractivity contribution in [3.8, 4) is 0 Å². The van der Waals surface area contributed by atoms with E-state index in [1.807, 2.05) is 13.0 Å². The van der Waals surface area contributed by atoms with Crippen LogP contribution in [0, 0.1) is 17.0 Å². The molecule has 2 aromatic rings. The summed E-state index contributed by atoms with van der Waals surface area (Å²) < 4.78 is 1.78. The van der Waals surface area contributed by atoms with Gasteiger partial charge in [0.1, 0.15) is 0 Å². The summed E-state index contributed by atoms with van der Waals surface area (Å²) in [5, 5.41) is 15.1. The lowest BCUT2D eigenvalue weighted by Crippen LogP contribution is -2.04. The van der Waals surface area contributed by atoms with Gasteiger partial charge in [0.25, 0.3) is 5.69 Å². The number of non-ortho nitro benzene ring substituents is 1. The van der Waals surface area contributed by atoms with Gasteiger partial charge >= 0.3 is 0 Å². The molecule has 0 N–H and O–H groups in total. The number of rotatable bonds is 3. The second kappa shape index (κ2) is 4.55. The van der Waals surface area contributed by atoms with E-state index in [1.54, 1.807) is 16.9 Å². The Morgan fingerprint density at radius 2 is 2.24 bits per heavy atom. The van der Waals surface area contributed by atoms with Crippen LogP contribution in [0.15, 0.2) is 30.5 Å². The molecular weight excluding hydrogens is 242 g/mol. The molecule has 0 aliphatic rings. The quantitative estimate of drug-likeness (QED) is 0.622. The van der Waals surface area contributed by atoms with Crippen LogP contribution < -0.4 is 0 Å². The zero-order valence-corrected chi connectivity index (χ0v) is 9.89. The van der Waals surface area contributed by atoms with Crippen molar-refractivity contribution in [1.29, 1.82) is 0 Å². The first-order valence-corrected chi connectivity index (χ1v) is 5.37. The zero-order chi connectivity index (χ0) is 12.4. The summed E-state index contributed by atoms with van der Waals surface area (Å²) in [6, 6.07) is 6.34. The summed E-state index contributed by atoms with van der Waals surface area (Å²) in [5.74, 6) is 0. The molecule has 0 unspecified atom stereocenters. The molecule has 2 rings (SSSR count). The van der Waals surface area contributed by atoms with Crippen LogP contribution in [-0.2, 0) is 6.54 Å². The maximum absolute atomic E-state index is 10.6. The minimum atomic E-state index is -0.463. The molecule has 0 fully saturated rings. The second-order valence-electron chi connectivity index (χ2n) is 3.66. The van der Waals surface area contributed by atoms with Crippen LogP contribution in [0.2, 0.25) is 5.02 Å². The minimum Gasteiger partial charge on any atom is -0.265 e. The van der Waals surface area contributed by atoms with E-state index >= 15 is 0 Å². The van der Waals surface area contributed by atoms with Crippen molar-refractivity contribution in [3.05, 3.63) is 56.9 Å². The standard InChI is InChI=1S/C11H10ClN3O2/c1-8-4-5-13-14(8)7-9-2-3-10(15(16)17)6-11(9)12/h2-6H,7H2,1H3. The Morgan fingerprint density at radius 3 is 2.76 bits per heavy atom. The Hall–Kier alpha value is -1.88. The van der Waals surface area contributed by atoms with E-state index in [0.29, 0.717) is 11.6 Å². The number of aryl methyl sites for hydroxylation is 1. The zero-order valence-electron chi connectivity index (χ0n) is 9.13. The molecule has 0 amide bonds. The highest BCUT2D eigenvalue weighted by molar-refractivity contribution is 6.31. The number of hydrogen-bond acceptors (Lipinski definition) is 3. The molecule has 1 heterocycles. The first-order valence-electron chi connectivity index (χ1n) is 4.99. The van der Waals surface area contributed by atoms with Crippen molar-refractivity contribution >= 4 is 17.3 Å². The highest BCUT2D eigenvalue weighted by Crippen LogP contribution is 2.23. The Bertz CT molecular complexity index is 566. The van der Waals surface area contributed by atoms with Gasteiger partial charge in [-0.25, -0.2) is 0 Å². The average Bonchev–Trinajstić information content (AvgIpc) is 2.67. The fourth-order valence-corrected chi connectivity index (χ4v) is 1.74. The number of aromatic nitrogens is 2. The monoisotopic (exact) mass is 251 g/mol. The SMILES string of the molecule is Cc1ccnn1Cc1ccc([N+](=O)[O-])cc1Cl. The number of nitrogens with zero attached hydrogens (tertiary/aromatic N) is 3.